The van der Waals surface area contributed by atoms with Crippen molar-refractivity contribution < 1.29 is 0 Å². The van der Waals surface area contributed by atoms with E-state index in [0.717, 1.165) is 0 Å². The molecule has 0 aromatic carbocycles. The van der Waals surface area contributed by atoms with Gasteiger partial charge in [0, 0.05) is 0 Å². The quantitative estimate of drug-likeness (QED) is 0.0534. The summed E-state index contributed by atoms with van der Waals surface area (Å²) in [6, 6.07) is 0. The molecule has 0 spiro atoms. The molecule has 0 radical (unpaired) electrons. The van der Waals surface area contributed by atoms with Crippen LogP contribution in [0.3, 0.4) is 0 Å². The Morgan fingerprint density at radius 3 is 0.239 bits per heavy atom. The highest BCUT2D eigenvalue weighted by Gasteiger charge is 2.66. The van der Waals surface area contributed by atoms with Crippen LogP contribution in [0.2, 0.25) is 0 Å². The summed E-state index contributed by atoms with van der Waals surface area (Å²) in [5.41, 5.74) is 0. The van der Waals surface area contributed by atoms with Gasteiger partial charge in [0.25, 0.3) is 0 Å². The third kappa shape index (κ3) is 46.1. The molecule has 92 heteroatoms. The minimum absolute atomic E-state index is 0.383. The van der Waals surface area contributed by atoms with Gasteiger partial charge in [-0.3, -0.25) is 0 Å². The SMILES string of the molecule is [PH-]P(P)P(P)P(P(P(P)P)P(P)P)P(P(P(P(P)P)P(P)P)P(P(P)P)P(P)P)P(P(P(P(P(P)P)P(P)P)P(P(P)P)P(P)P)P(P(P(P)P)P(P)P)P(P(P)P)P(P)P)P(P(P(P(P)P)P(P)P)P(P(P)P)P(P)P)P(P(P(P)P)P(P)P)P(P(P)P)P(P)P. The van der Waals surface area contributed by atoms with Crippen molar-refractivity contribution in [2.45, 2.75) is 0 Å². The zero-order chi connectivity index (χ0) is 73.0. The first-order chi connectivity index (χ1) is 41.8. The summed E-state index contributed by atoms with van der Waals surface area (Å²) >= 11 is 0. The van der Waals surface area contributed by atoms with Gasteiger partial charge in [0.15, 0.2) is 0 Å². The third-order valence-electron chi connectivity index (χ3n) is 8.15. The van der Waals surface area contributed by atoms with E-state index in [1.807, 2.05) is 0 Å². The van der Waals surface area contributed by atoms with Gasteiger partial charge in [-0.1, -0.05) is 6.99 Å². The van der Waals surface area contributed by atoms with Gasteiger partial charge in [0.1, 0.15) is 0 Å². The lowest BCUT2D eigenvalue weighted by Gasteiger charge is -2.64. The number of rotatable bonds is 44. The lowest BCUT2D eigenvalue weighted by molar-refractivity contribution is 4.30. The smallest absolute Gasteiger partial charge is 0.00000240 e. The molecule has 0 N–H and O–H groups in total. The zero-order valence-corrected chi connectivity index (χ0v) is 142. The lowest BCUT2D eigenvalue weighted by atomic mass is 28.3. The Labute approximate surface area is 722 Å². The van der Waals surface area contributed by atoms with Gasteiger partial charge in [-0.2, -0.15) is 0 Å². The predicted molar refractivity (Wildman–Crippen MR) is 766 cm³/mol. The van der Waals surface area contributed by atoms with E-state index < -0.39 is 238 Å². The van der Waals surface area contributed by atoms with Crippen LogP contribution in [-0.4, -0.2) is 0 Å². The largest absolute Gasteiger partial charge is 0.516 e. The van der Waals surface area contributed by atoms with Gasteiger partial charge in [-0.05, 0) is 300 Å². The van der Waals surface area contributed by atoms with Crippen molar-refractivity contribution in [1.82, 2.24) is 0 Å². The van der Waals surface area contributed by atoms with Crippen LogP contribution in [0.5, 0.6) is 0 Å². The summed E-state index contributed by atoms with van der Waals surface area (Å²) in [5, 5.41) is 0. The first kappa shape index (κ1) is 132. The summed E-state index contributed by atoms with van der Waals surface area (Å²) in [4.78, 5) is 0. The molecule has 0 saturated heterocycles. The molecular weight excluding hydrogens is 2850 g/mol. The molecule has 0 aliphatic heterocycles. The maximum atomic E-state index is 4.89. The van der Waals surface area contributed by atoms with E-state index in [4.69, 9.17) is 8.93 Å². The summed E-state index contributed by atoms with van der Waals surface area (Å²) in [7, 11) is 178. The molecular formula is H93P92-. The lowest BCUT2D eigenvalue weighted by Crippen LogP contribution is -1.76. The third-order valence-corrected chi connectivity index (χ3v) is 660. The molecule has 92 heavy (non-hydrogen) atoms. The molecule has 0 nitrogen and oxygen atoms in total. The normalized spacial score (nSPS) is 15.9. The van der Waals surface area contributed by atoms with Crippen molar-refractivity contribution in [2.24, 2.45) is 0 Å². The zero-order valence-electron chi connectivity index (χ0n) is 47.2. The van der Waals surface area contributed by atoms with E-state index in [1.54, 1.807) is 0 Å². The van der Waals surface area contributed by atoms with Crippen molar-refractivity contribution >= 4 is 734 Å². The summed E-state index contributed by atoms with van der Waals surface area (Å²) in [6.07, 6.45) is 0. The summed E-state index contributed by atoms with van der Waals surface area (Å²) < 4.78 is 0. The fraction of sp³-hybridized carbons (Fsp3) is 0. The van der Waals surface area contributed by atoms with Crippen LogP contribution >= 0.6 is 734 Å². The van der Waals surface area contributed by atoms with Crippen molar-refractivity contribution in [2.75, 3.05) is 0 Å². The minimum Gasteiger partial charge on any atom is -0.516 e. The van der Waals surface area contributed by atoms with Gasteiger partial charge in [-0.15, -0.1) is 411 Å². The van der Waals surface area contributed by atoms with Gasteiger partial charge in [-0.25, -0.2) is 6.99 Å². The predicted octanol–water partition coefficient (Wildman–Crippen LogP) is 54.3. The van der Waals surface area contributed by atoms with Crippen molar-refractivity contribution in [3.05, 3.63) is 0 Å². The maximum absolute atomic E-state index is 4.89. The fourth-order valence-electron chi connectivity index (χ4n) is 5.60. The van der Waals surface area contributed by atoms with Crippen LogP contribution < -0.4 is 0 Å². The molecule has 0 heterocycles. The molecule has 50 unspecified atom stereocenters. The van der Waals surface area contributed by atoms with Crippen LogP contribution in [0.15, 0.2) is 0 Å². The average Bonchev–Trinajstić information content (AvgIpc) is 3.33. The van der Waals surface area contributed by atoms with E-state index in [2.05, 4.69) is 411 Å². The Bertz CT molecular complexity index is 1500. The molecule has 0 aliphatic carbocycles. The maximum Gasteiger partial charge on any atom is -0.00000240 e. The van der Waals surface area contributed by atoms with Crippen molar-refractivity contribution in [3.63, 3.8) is 0 Å². The van der Waals surface area contributed by atoms with E-state index in [-0.39, 0.29) is 76.9 Å². The Morgan fingerprint density at radius 2 is 0.163 bits per heavy atom. The van der Waals surface area contributed by atoms with E-state index >= 15 is 0 Å². The van der Waals surface area contributed by atoms with Gasteiger partial charge in [0.2, 0.25) is 0 Å². The average molecular weight is 2940 g/mol. The molecule has 0 aromatic heterocycles. The van der Waals surface area contributed by atoms with Gasteiger partial charge >= 0.3 is 0 Å². The van der Waals surface area contributed by atoms with Crippen molar-refractivity contribution in [1.29, 1.82) is 0 Å². The molecule has 0 aromatic rings. The first-order valence-corrected chi connectivity index (χ1v) is 188. The highest BCUT2D eigenvalue weighted by molar-refractivity contribution is 9.59. The molecule has 0 saturated carbocycles. The Balaban J connectivity index is 14.0. The molecule has 0 aliphatic rings. The van der Waals surface area contributed by atoms with Crippen molar-refractivity contribution in [3.8, 4) is 0 Å². The standard InChI is InChI=1S/H93P92/c1-48(2)71(47)83(72(49(3)4)50(5)6)89(84(73(51(7)8)52(9)10)74(53(11)12)54(13)14)92(90(85(75(55(15)16)56(17)18)76(57(19)20)58(21)22)86(77(59(23)24)60(25)26)78(61(27)28)62(29)30)91(87(79(63(31)32)64(33)34)80(65(35)36)66(37)38)88(81(67(39)40)68(41)42)82(69(43)44)70(45)46/h1H,2-47H2/q-1. The highest BCUT2D eigenvalue weighted by atomic mass is 33.6. The second-order valence-electron chi connectivity index (χ2n) is 14.7. The van der Waals surface area contributed by atoms with Crippen LogP contribution in [-0.2, 0) is 0 Å². The fourth-order valence-corrected chi connectivity index (χ4v) is 1360. The second-order valence-corrected chi connectivity index (χ2v) is 396. The Hall–Kier alpha value is 39.6. The molecule has 0 rings (SSSR count). The van der Waals surface area contributed by atoms with Crippen LogP contribution in [0.4, 0.5) is 0 Å². The van der Waals surface area contributed by atoms with Crippen LogP contribution in [0.25, 0.3) is 0 Å². The van der Waals surface area contributed by atoms with Crippen LogP contribution in [0, 0.1) is 0 Å². The first-order valence-electron chi connectivity index (χ1n) is 20.9. The number of hydrogen-bond donors (Lipinski definition) is 0. The van der Waals surface area contributed by atoms with E-state index in [0.29, 0.717) is 0 Å². The van der Waals surface area contributed by atoms with Gasteiger partial charge < -0.3 is 8.93 Å². The summed E-state index contributed by atoms with van der Waals surface area (Å²) in [6.45, 7) is -19.2. The monoisotopic (exact) mass is 2940 g/mol. The minimum atomic E-state index is -0.598. The Kier molecular flexibility index (Phi) is 103. The van der Waals surface area contributed by atoms with E-state index in [9.17, 15) is 0 Å². The van der Waals surface area contributed by atoms with Gasteiger partial charge in [0.05, 0.1) is 0 Å². The molecule has 0 fully saturated rings. The van der Waals surface area contributed by atoms with E-state index in [1.165, 1.54) is 0 Å². The Morgan fingerprint density at radius 1 is 0.0978 bits per heavy atom. The van der Waals surface area contributed by atoms with Crippen LogP contribution in [0.1, 0.15) is 0 Å². The topological polar surface area (TPSA) is 0 Å². The highest BCUT2D eigenvalue weighted by Crippen LogP contribution is 3.54. The molecule has 50 atom stereocenters. The summed E-state index contributed by atoms with van der Waals surface area (Å²) in [5.74, 6) is 0. The molecule has 554 valence electrons. The number of hydrogen-bond acceptors (Lipinski definition) is 0. The molecule has 0 bridgehead atoms. The second kappa shape index (κ2) is 71.9. The molecule has 0 amide bonds.